The first-order valence-corrected chi connectivity index (χ1v) is 6.16. The van der Waals surface area contributed by atoms with Gasteiger partial charge >= 0.3 is 0 Å². The van der Waals surface area contributed by atoms with Crippen LogP contribution in [0, 0.1) is 5.82 Å². The van der Waals surface area contributed by atoms with Crippen molar-refractivity contribution in [3.63, 3.8) is 0 Å². The van der Waals surface area contributed by atoms with Gasteiger partial charge in [0, 0.05) is 25.2 Å². The summed E-state index contributed by atoms with van der Waals surface area (Å²) in [7, 11) is 0. The van der Waals surface area contributed by atoms with Gasteiger partial charge in [0.2, 0.25) is 0 Å². The monoisotopic (exact) mass is 251 g/mol. The standard InChI is InChI=1S/C14H18FNO2/c15-14-4-2-1-3-12(14)5-6-13(17)11-16-7-9-18-10-8-16/h1-6,13,17H,7-11H2/b6-5+. The number of aliphatic hydroxyl groups excluding tert-OH is 1. The van der Waals surface area contributed by atoms with E-state index in [1.807, 2.05) is 0 Å². The lowest BCUT2D eigenvalue weighted by atomic mass is 10.1. The van der Waals surface area contributed by atoms with E-state index in [1.165, 1.54) is 6.07 Å². The molecule has 1 unspecified atom stereocenters. The molecule has 4 heteroatoms. The molecule has 0 saturated carbocycles. The third-order valence-electron chi connectivity index (χ3n) is 2.95. The lowest BCUT2D eigenvalue weighted by Crippen LogP contribution is -2.40. The fourth-order valence-electron chi connectivity index (χ4n) is 1.93. The summed E-state index contributed by atoms with van der Waals surface area (Å²) < 4.78 is 18.6. The molecule has 18 heavy (non-hydrogen) atoms. The van der Waals surface area contributed by atoms with E-state index in [-0.39, 0.29) is 5.82 Å². The first kappa shape index (κ1) is 13.2. The van der Waals surface area contributed by atoms with Crippen LogP contribution in [-0.4, -0.2) is 49.0 Å². The molecule has 0 radical (unpaired) electrons. The first-order chi connectivity index (χ1) is 8.75. The predicted molar refractivity (Wildman–Crippen MR) is 68.7 cm³/mol. The fourth-order valence-corrected chi connectivity index (χ4v) is 1.93. The number of β-amino-alcohol motifs (C(OH)–C–C–N with tert-alkyl or cyclic N) is 1. The maximum Gasteiger partial charge on any atom is 0.130 e. The van der Waals surface area contributed by atoms with Crippen molar-refractivity contribution in [1.29, 1.82) is 0 Å². The third kappa shape index (κ3) is 3.91. The fraction of sp³-hybridized carbons (Fsp3) is 0.429. The number of halogens is 1. The van der Waals surface area contributed by atoms with Crippen molar-refractivity contribution in [2.45, 2.75) is 6.10 Å². The Morgan fingerprint density at radius 2 is 2.06 bits per heavy atom. The number of rotatable bonds is 4. The third-order valence-corrected chi connectivity index (χ3v) is 2.95. The van der Waals surface area contributed by atoms with E-state index in [2.05, 4.69) is 4.90 Å². The molecule has 98 valence electrons. The number of hydrogen-bond acceptors (Lipinski definition) is 3. The zero-order chi connectivity index (χ0) is 12.8. The number of ether oxygens (including phenoxy) is 1. The Morgan fingerprint density at radius 1 is 1.33 bits per heavy atom. The van der Waals surface area contributed by atoms with Gasteiger partial charge in [0.25, 0.3) is 0 Å². The maximum absolute atomic E-state index is 13.3. The second-order valence-electron chi connectivity index (χ2n) is 4.36. The minimum absolute atomic E-state index is 0.271. The van der Waals surface area contributed by atoms with Crippen LogP contribution in [0.3, 0.4) is 0 Å². The van der Waals surface area contributed by atoms with Gasteiger partial charge in [0.05, 0.1) is 19.3 Å². The van der Waals surface area contributed by atoms with Gasteiger partial charge in [0.1, 0.15) is 5.82 Å². The molecule has 1 aliphatic heterocycles. The number of morpholine rings is 1. The minimum Gasteiger partial charge on any atom is -0.388 e. The topological polar surface area (TPSA) is 32.7 Å². The number of aliphatic hydroxyl groups is 1. The summed E-state index contributed by atoms with van der Waals surface area (Å²) >= 11 is 0. The van der Waals surface area contributed by atoms with E-state index in [1.54, 1.807) is 30.4 Å². The van der Waals surface area contributed by atoms with Crippen LogP contribution in [-0.2, 0) is 4.74 Å². The Morgan fingerprint density at radius 3 is 2.78 bits per heavy atom. The Hall–Kier alpha value is -1.23. The van der Waals surface area contributed by atoms with Gasteiger partial charge in [-0.25, -0.2) is 4.39 Å². The molecule has 1 atom stereocenters. The van der Waals surface area contributed by atoms with Crippen LogP contribution in [0.25, 0.3) is 6.08 Å². The summed E-state index contributed by atoms with van der Waals surface area (Å²) in [6.07, 6.45) is 2.68. The van der Waals surface area contributed by atoms with Crippen molar-refractivity contribution in [2.24, 2.45) is 0 Å². The second-order valence-corrected chi connectivity index (χ2v) is 4.36. The molecule has 3 nitrogen and oxygen atoms in total. The molecule has 1 heterocycles. The second kappa shape index (κ2) is 6.64. The zero-order valence-electron chi connectivity index (χ0n) is 10.3. The van der Waals surface area contributed by atoms with Gasteiger partial charge in [-0.1, -0.05) is 30.4 Å². The molecular weight excluding hydrogens is 233 g/mol. The summed E-state index contributed by atoms with van der Waals surface area (Å²) in [6, 6.07) is 6.52. The molecule has 0 spiro atoms. The highest BCUT2D eigenvalue weighted by molar-refractivity contribution is 5.50. The van der Waals surface area contributed by atoms with Crippen LogP contribution in [0.4, 0.5) is 4.39 Å². The molecule has 1 aliphatic rings. The largest absolute Gasteiger partial charge is 0.388 e. The Kier molecular flexibility index (Phi) is 4.87. The van der Waals surface area contributed by atoms with E-state index >= 15 is 0 Å². The molecule has 0 aromatic heterocycles. The molecule has 1 aromatic carbocycles. The average molecular weight is 251 g/mol. The van der Waals surface area contributed by atoms with Gasteiger partial charge in [-0.2, -0.15) is 0 Å². The molecule has 1 fully saturated rings. The van der Waals surface area contributed by atoms with Crippen LogP contribution in [0.1, 0.15) is 5.56 Å². The maximum atomic E-state index is 13.3. The molecule has 2 rings (SSSR count). The van der Waals surface area contributed by atoms with Crippen molar-refractivity contribution < 1.29 is 14.2 Å². The van der Waals surface area contributed by atoms with Crippen LogP contribution in [0.15, 0.2) is 30.3 Å². The Bertz CT molecular complexity index is 403. The smallest absolute Gasteiger partial charge is 0.130 e. The normalized spacial score (nSPS) is 19.2. The molecule has 0 amide bonds. The van der Waals surface area contributed by atoms with Crippen LogP contribution in [0.5, 0.6) is 0 Å². The number of nitrogens with zero attached hydrogens (tertiary/aromatic N) is 1. The first-order valence-electron chi connectivity index (χ1n) is 6.16. The van der Waals surface area contributed by atoms with E-state index < -0.39 is 6.10 Å². The van der Waals surface area contributed by atoms with Crippen molar-refractivity contribution in [3.8, 4) is 0 Å². The Balaban J connectivity index is 1.86. The van der Waals surface area contributed by atoms with Crippen LogP contribution >= 0.6 is 0 Å². The number of hydrogen-bond donors (Lipinski definition) is 1. The van der Waals surface area contributed by atoms with Gasteiger partial charge in [0.15, 0.2) is 0 Å². The van der Waals surface area contributed by atoms with Crippen molar-refractivity contribution in [1.82, 2.24) is 4.90 Å². The quantitative estimate of drug-likeness (QED) is 0.881. The van der Waals surface area contributed by atoms with Crippen molar-refractivity contribution in [3.05, 3.63) is 41.7 Å². The summed E-state index contributed by atoms with van der Waals surface area (Å²) in [4.78, 5) is 2.14. The zero-order valence-corrected chi connectivity index (χ0v) is 10.3. The molecular formula is C14H18FNO2. The lowest BCUT2D eigenvalue weighted by Gasteiger charge is -2.27. The van der Waals surface area contributed by atoms with Crippen LogP contribution < -0.4 is 0 Å². The molecule has 1 saturated heterocycles. The van der Waals surface area contributed by atoms with Gasteiger partial charge in [-0.15, -0.1) is 0 Å². The SMILES string of the molecule is OC(/C=C/c1ccccc1F)CN1CCOCC1. The van der Waals surface area contributed by atoms with Gasteiger partial charge < -0.3 is 9.84 Å². The molecule has 0 aliphatic carbocycles. The van der Waals surface area contributed by atoms with Gasteiger partial charge in [-0.3, -0.25) is 4.90 Å². The van der Waals surface area contributed by atoms with Gasteiger partial charge in [-0.05, 0) is 6.07 Å². The lowest BCUT2D eigenvalue weighted by molar-refractivity contribution is 0.0223. The van der Waals surface area contributed by atoms with E-state index in [9.17, 15) is 9.50 Å². The highest BCUT2D eigenvalue weighted by atomic mass is 19.1. The summed E-state index contributed by atoms with van der Waals surface area (Å²) in [5.41, 5.74) is 0.499. The summed E-state index contributed by atoms with van der Waals surface area (Å²) in [6.45, 7) is 3.66. The van der Waals surface area contributed by atoms with E-state index in [4.69, 9.17) is 4.74 Å². The summed E-state index contributed by atoms with van der Waals surface area (Å²) in [5, 5.41) is 9.86. The summed E-state index contributed by atoms with van der Waals surface area (Å²) in [5.74, 6) is -0.271. The molecule has 0 bridgehead atoms. The Labute approximate surface area is 106 Å². The van der Waals surface area contributed by atoms with E-state index in [0.29, 0.717) is 25.3 Å². The van der Waals surface area contributed by atoms with Crippen LogP contribution in [0.2, 0.25) is 0 Å². The van der Waals surface area contributed by atoms with E-state index in [0.717, 1.165) is 13.1 Å². The minimum atomic E-state index is -0.581. The number of benzene rings is 1. The molecule has 1 aromatic rings. The van der Waals surface area contributed by atoms with Crippen molar-refractivity contribution in [2.75, 3.05) is 32.8 Å². The van der Waals surface area contributed by atoms with Crippen molar-refractivity contribution >= 4 is 6.08 Å². The molecule has 1 N–H and O–H groups in total. The predicted octanol–water partition coefficient (Wildman–Crippen LogP) is 1.53. The average Bonchev–Trinajstić information content (AvgIpc) is 2.39. The highest BCUT2D eigenvalue weighted by Crippen LogP contribution is 2.09. The highest BCUT2D eigenvalue weighted by Gasteiger charge is 2.12.